The fourth-order valence-electron chi connectivity index (χ4n) is 4.55. The monoisotopic (exact) mass is 497 g/mol. The number of hydrogen-bond acceptors (Lipinski definition) is 6. The minimum atomic E-state index is -0.272. The van der Waals surface area contributed by atoms with Gasteiger partial charge >= 0.3 is 5.97 Å². The van der Waals surface area contributed by atoms with Crippen molar-refractivity contribution < 1.29 is 19.0 Å². The van der Waals surface area contributed by atoms with Crippen molar-refractivity contribution in [2.24, 2.45) is 5.92 Å². The molecule has 8 heteroatoms. The molecule has 0 spiro atoms. The molecule has 2 aliphatic rings. The van der Waals surface area contributed by atoms with Crippen LogP contribution in [0.15, 0.2) is 36.4 Å². The zero-order valence-electron chi connectivity index (χ0n) is 20.1. The molecule has 2 heterocycles. The van der Waals surface area contributed by atoms with Crippen LogP contribution in [0.2, 0.25) is 5.02 Å². The van der Waals surface area contributed by atoms with Gasteiger partial charge in [-0.1, -0.05) is 29.8 Å². The molecule has 2 fully saturated rings. The summed E-state index contributed by atoms with van der Waals surface area (Å²) in [5.74, 6) is 1.10. The summed E-state index contributed by atoms with van der Waals surface area (Å²) >= 11 is 6.55. The largest absolute Gasteiger partial charge is 0.487 e. The Bertz CT molecular complexity index is 1180. The maximum atomic E-state index is 12.1. The third-order valence-electron chi connectivity index (χ3n) is 6.53. The first-order valence-electron chi connectivity index (χ1n) is 12.5. The fraction of sp³-hybridized carbons (Fsp3) is 0.481. The summed E-state index contributed by atoms with van der Waals surface area (Å²) in [6.45, 7) is 4.07. The van der Waals surface area contributed by atoms with E-state index in [9.17, 15) is 4.79 Å². The van der Waals surface area contributed by atoms with E-state index >= 15 is 0 Å². The van der Waals surface area contributed by atoms with Crippen LogP contribution in [0.1, 0.15) is 56.5 Å². The highest BCUT2D eigenvalue weighted by Gasteiger charge is 2.26. The molecule has 1 unspecified atom stereocenters. The Balaban J connectivity index is 1.46. The third kappa shape index (κ3) is 5.73. The highest BCUT2D eigenvalue weighted by Crippen LogP contribution is 2.37. The van der Waals surface area contributed by atoms with Gasteiger partial charge in [-0.25, -0.2) is 4.68 Å². The molecular weight excluding hydrogens is 466 g/mol. The summed E-state index contributed by atoms with van der Waals surface area (Å²) in [4.78, 5) is 12.1. The van der Waals surface area contributed by atoms with Crippen LogP contribution in [-0.2, 0) is 27.3 Å². The topological polar surface area (TPSA) is 74.6 Å². The van der Waals surface area contributed by atoms with Gasteiger partial charge in [-0.3, -0.25) is 4.79 Å². The number of fused-ring (bicyclic) bond motifs is 1. The van der Waals surface area contributed by atoms with Gasteiger partial charge in [0.1, 0.15) is 18.1 Å². The Morgan fingerprint density at radius 2 is 2.09 bits per heavy atom. The van der Waals surface area contributed by atoms with Crippen molar-refractivity contribution in [1.82, 2.24) is 9.78 Å². The van der Waals surface area contributed by atoms with Crippen LogP contribution in [0.4, 0.5) is 5.69 Å². The van der Waals surface area contributed by atoms with Crippen LogP contribution in [0, 0.1) is 5.92 Å². The van der Waals surface area contributed by atoms with Crippen LogP contribution in [0.3, 0.4) is 0 Å². The maximum Gasteiger partial charge on any atom is 0.310 e. The molecule has 0 bridgehead atoms. The van der Waals surface area contributed by atoms with E-state index in [0.29, 0.717) is 17.4 Å². The van der Waals surface area contributed by atoms with Gasteiger partial charge in [-0.2, -0.15) is 5.10 Å². The fourth-order valence-corrected chi connectivity index (χ4v) is 4.77. The van der Waals surface area contributed by atoms with E-state index < -0.39 is 0 Å². The van der Waals surface area contributed by atoms with Gasteiger partial charge < -0.3 is 19.5 Å². The number of rotatable bonds is 10. The van der Waals surface area contributed by atoms with Crippen molar-refractivity contribution in [3.63, 3.8) is 0 Å². The summed E-state index contributed by atoms with van der Waals surface area (Å²) in [5.41, 5.74) is 3.56. The van der Waals surface area contributed by atoms with E-state index in [1.807, 2.05) is 41.1 Å². The molecule has 1 atom stereocenters. The molecule has 1 aliphatic heterocycles. The number of halogens is 1. The van der Waals surface area contributed by atoms with Crippen molar-refractivity contribution in [2.45, 2.75) is 58.3 Å². The maximum absolute atomic E-state index is 12.1. The molecule has 7 nitrogen and oxygen atoms in total. The lowest BCUT2D eigenvalue weighted by atomic mass is 10.1. The zero-order chi connectivity index (χ0) is 24.2. The number of carbonyl (C=O) groups excluding carboxylic acids is 1. The number of carbonyl (C=O) groups is 1. The molecule has 35 heavy (non-hydrogen) atoms. The normalized spacial score (nSPS) is 17.9. The number of ether oxygens (including phenoxy) is 3. The standard InChI is InChI=1S/C27H32ClN3O4/c1-2-33-26(32)13-19-7-3-4-8-24(19)35-17-23-21-14-20(28)15-22(29-16-18-10-11-18)27(21)31(30-23)25-9-5-6-12-34-25/h3-4,7-8,14-15,18,25,29H,2,5-6,9-13,16-17H2,1H3. The molecule has 0 radical (unpaired) electrons. The van der Waals surface area contributed by atoms with Crippen molar-refractivity contribution in [1.29, 1.82) is 0 Å². The van der Waals surface area contributed by atoms with Gasteiger partial charge in [-0.15, -0.1) is 0 Å². The summed E-state index contributed by atoms with van der Waals surface area (Å²) < 4.78 is 19.4. The molecular formula is C27H32ClN3O4. The summed E-state index contributed by atoms with van der Waals surface area (Å²) in [7, 11) is 0. The number of nitrogens with one attached hydrogen (secondary N) is 1. The van der Waals surface area contributed by atoms with E-state index in [2.05, 4.69) is 5.32 Å². The smallest absolute Gasteiger partial charge is 0.310 e. The molecule has 1 aromatic heterocycles. The summed E-state index contributed by atoms with van der Waals surface area (Å²) in [5, 5.41) is 10.2. The number of anilines is 1. The Kier molecular flexibility index (Phi) is 7.44. The molecule has 2 aromatic carbocycles. The Labute approximate surface area is 210 Å². The highest BCUT2D eigenvalue weighted by atomic mass is 35.5. The SMILES string of the molecule is CCOC(=O)Cc1ccccc1OCc1nn(C2CCCCO2)c2c(NCC3CC3)cc(Cl)cc12. The second-order valence-corrected chi connectivity index (χ2v) is 9.70. The molecule has 5 rings (SSSR count). The van der Waals surface area contributed by atoms with E-state index in [0.717, 1.165) is 66.2 Å². The average molecular weight is 498 g/mol. The Morgan fingerprint density at radius 3 is 2.86 bits per heavy atom. The molecule has 3 aromatic rings. The van der Waals surface area contributed by atoms with E-state index in [1.165, 1.54) is 12.8 Å². The first-order valence-corrected chi connectivity index (χ1v) is 12.9. The van der Waals surface area contributed by atoms with Crippen LogP contribution in [0.25, 0.3) is 10.9 Å². The Morgan fingerprint density at radius 1 is 1.23 bits per heavy atom. The lowest BCUT2D eigenvalue weighted by Crippen LogP contribution is -2.20. The molecule has 1 saturated heterocycles. The van der Waals surface area contributed by atoms with Gasteiger partial charge in [-0.05, 0) is 63.1 Å². The van der Waals surface area contributed by atoms with E-state index in [4.69, 9.17) is 30.9 Å². The lowest BCUT2D eigenvalue weighted by Gasteiger charge is -2.24. The van der Waals surface area contributed by atoms with Crippen molar-refractivity contribution in [2.75, 3.05) is 25.1 Å². The van der Waals surface area contributed by atoms with Crippen LogP contribution < -0.4 is 10.1 Å². The van der Waals surface area contributed by atoms with Crippen LogP contribution in [-0.4, -0.2) is 35.5 Å². The molecule has 1 N–H and O–H groups in total. The van der Waals surface area contributed by atoms with Gasteiger partial charge in [0.15, 0.2) is 6.23 Å². The van der Waals surface area contributed by atoms with Crippen molar-refractivity contribution in [3.8, 4) is 5.75 Å². The minimum absolute atomic E-state index is 0.112. The van der Waals surface area contributed by atoms with Gasteiger partial charge in [0, 0.05) is 29.1 Å². The Hall–Kier alpha value is -2.77. The zero-order valence-corrected chi connectivity index (χ0v) is 20.9. The number of esters is 1. The molecule has 0 amide bonds. The number of benzene rings is 2. The van der Waals surface area contributed by atoms with Gasteiger partial charge in [0.25, 0.3) is 0 Å². The van der Waals surface area contributed by atoms with E-state index in [-0.39, 0.29) is 25.2 Å². The first kappa shape index (κ1) is 23.9. The quantitative estimate of drug-likeness (QED) is 0.352. The van der Waals surface area contributed by atoms with Gasteiger partial charge in [0.2, 0.25) is 0 Å². The van der Waals surface area contributed by atoms with E-state index in [1.54, 1.807) is 6.92 Å². The third-order valence-corrected chi connectivity index (χ3v) is 6.75. The lowest BCUT2D eigenvalue weighted by molar-refractivity contribution is -0.142. The molecule has 1 aliphatic carbocycles. The van der Waals surface area contributed by atoms with Crippen molar-refractivity contribution >= 4 is 34.2 Å². The van der Waals surface area contributed by atoms with Crippen LogP contribution in [0.5, 0.6) is 5.75 Å². The second kappa shape index (κ2) is 10.9. The number of nitrogens with zero attached hydrogens (tertiary/aromatic N) is 2. The highest BCUT2D eigenvalue weighted by molar-refractivity contribution is 6.32. The number of hydrogen-bond donors (Lipinski definition) is 1. The minimum Gasteiger partial charge on any atom is -0.487 e. The van der Waals surface area contributed by atoms with Crippen LogP contribution >= 0.6 is 11.6 Å². The number of aromatic nitrogens is 2. The second-order valence-electron chi connectivity index (χ2n) is 9.26. The summed E-state index contributed by atoms with van der Waals surface area (Å²) in [6.07, 6.45) is 5.69. The predicted molar refractivity (Wildman–Crippen MR) is 136 cm³/mol. The molecule has 1 saturated carbocycles. The predicted octanol–water partition coefficient (Wildman–Crippen LogP) is 5.90. The van der Waals surface area contributed by atoms with Crippen molar-refractivity contribution in [3.05, 3.63) is 52.7 Å². The first-order chi connectivity index (χ1) is 17.1. The average Bonchev–Trinajstić information content (AvgIpc) is 3.62. The van der Waals surface area contributed by atoms with Gasteiger partial charge in [0.05, 0.1) is 24.2 Å². The number of para-hydroxylation sites is 1. The molecule has 186 valence electrons. The summed E-state index contributed by atoms with van der Waals surface area (Å²) in [6, 6.07) is 11.5.